The van der Waals surface area contributed by atoms with Gasteiger partial charge in [-0.1, -0.05) is 48.0 Å². The van der Waals surface area contributed by atoms with Crippen LogP contribution in [0.25, 0.3) is 10.9 Å². The molecule has 0 aliphatic rings. The molecule has 1 aromatic heterocycles. The minimum absolute atomic E-state index is 0.0553. The molecule has 0 bridgehead atoms. The zero-order valence-corrected chi connectivity index (χ0v) is 16.6. The Hall–Kier alpha value is -2.83. The molecular formula is C21H23ClN4O2. The number of hydrogen-bond donors (Lipinski definition) is 2. The predicted octanol–water partition coefficient (Wildman–Crippen LogP) is 2.81. The van der Waals surface area contributed by atoms with Crippen LogP contribution in [0, 0.1) is 0 Å². The number of nitrogens with one attached hydrogen (secondary N) is 1. The Balaban J connectivity index is 1.75. The molecule has 28 heavy (non-hydrogen) atoms. The maximum Gasteiger partial charge on any atom is 0.250 e. The molecule has 2 amide bonds. The molecule has 0 spiro atoms. The molecule has 3 aromatic rings. The molecule has 0 unspecified atom stereocenters. The van der Waals surface area contributed by atoms with Crippen LogP contribution in [-0.2, 0) is 11.3 Å². The van der Waals surface area contributed by atoms with E-state index in [0.29, 0.717) is 17.1 Å². The molecule has 0 aliphatic carbocycles. The van der Waals surface area contributed by atoms with E-state index in [-0.39, 0.29) is 18.5 Å². The molecule has 0 fully saturated rings. The van der Waals surface area contributed by atoms with E-state index in [0.717, 1.165) is 16.5 Å². The van der Waals surface area contributed by atoms with Crippen molar-refractivity contribution in [1.29, 1.82) is 0 Å². The van der Waals surface area contributed by atoms with Crippen LogP contribution < -0.4 is 11.1 Å². The van der Waals surface area contributed by atoms with Crippen LogP contribution in [-0.4, -0.2) is 41.9 Å². The van der Waals surface area contributed by atoms with Crippen LogP contribution >= 0.6 is 11.6 Å². The molecule has 7 heteroatoms. The first-order valence-electron chi connectivity index (χ1n) is 8.93. The fourth-order valence-corrected chi connectivity index (χ4v) is 3.57. The third-order valence-electron chi connectivity index (χ3n) is 4.75. The van der Waals surface area contributed by atoms with Gasteiger partial charge < -0.3 is 20.5 Å². The highest BCUT2D eigenvalue weighted by atomic mass is 35.5. The smallest absolute Gasteiger partial charge is 0.250 e. The molecule has 0 saturated carbocycles. The molecule has 0 radical (unpaired) electrons. The SMILES string of the molecule is CN(C)[C@@H](CNC(=O)Cn1cc(C(N)=O)c2ccccc21)c1ccccc1Cl. The number of nitrogens with two attached hydrogens (primary N) is 1. The molecule has 1 atom stereocenters. The molecule has 3 N–H and O–H groups in total. The lowest BCUT2D eigenvalue weighted by atomic mass is 10.1. The number of fused-ring (bicyclic) bond motifs is 1. The van der Waals surface area contributed by atoms with Gasteiger partial charge in [-0.25, -0.2) is 0 Å². The van der Waals surface area contributed by atoms with Gasteiger partial charge in [-0.05, 0) is 31.8 Å². The van der Waals surface area contributed by atoms with Crippen LogP contribution in [0.15, 0.2) is 54.7 Å². The number of para-hydroxylation sites is 1. The minimum Gasteiger partial charge on any atom is -0.366 e. The molecule has 3 rings (SSSR count). The number of carbonyl (C=O) groups excluding carboxylic acids is 2. The fourth-order valence-electron chi connectivity index (χ4n) is 3.31. The first kappa shape index (κ1) is 19.9. The van der Waals surface area contributed by atoms with Crippen LogP contribution in [0.4, 0.5) is 0 Å². The molecule has 2 aromatic carbocycles. The van der Waals surface area contributed by atoms with Crippen molar-refractivity contribution in [3.63, 3.8) is 0 Å². The number of carbonyl (C=O) groups is 2. The van der Waals surface area contributed by atoms with Crippen molar-refractivity contribution >= 4 is 34.3 Å². The van der Waals surface area contributed by atoms with Gasteiger partial charge in [0, 0.05) is 28.7 Å². The van der Waals surface area contributed by atoms with E-state index in [1.54, 1.807) is 10.8 Å². The first-order chi connectivity index (χ1) is 13.4. The van der Waals surface area contributed by atoms with Gasteiger partial charge in [0.1, 0.15) is 6.54 Å². The molecular weight excluding hydrogens is 376 g/mol. The average Bonchev–Trinajstić information content (AvgIpc) is 3.02. The van der Waals surface area contributed by atoms with E-state index in [4.69, 9.17) is 17.3 Å². The number of nitrogens with zero attached hydrogens (tertiary/aromatic N) is 2. The van der Waals surface area contributed by atoms with Crippen molar-refractivity contribution < 1.29 is 9.59 Å². The number of primary amides is 1. The Bertz CT molecular complexity index is 1010. The lowest BCUT2D eigenvalue weighted by Gasteiger charge is -2.26. The highest BCUT2D eigenvalue weighted by molar-refractivity contribution is 6.31. The van der Waals surface area contributed by atoms with Crippen molar-refractivity contribution in [3.05, 3.63) is 70.9 Å². The van der Waals surface area contributed by atoms with Gasteiger partial charge >= 0.3 is 0 Å². The summed E-state index contributed by atoms with van der Waals surface area (Å²) in [7, 11) is 3.89. The first-order valence-corrected chi connectivity index (χ1v) is 9.31. The third kappa shape index (κ3) is 4.18. The van der Waals surface area contributed by atoms with Gasteiger partial charge in [0.2, 0.25) is 5.91 Å². The van der Waals surface area contributed by atoms with Gasteiger partial charge in [0.15, 0.2) is 0 Å². The Labute approximate surface area is 168 Å². The van der Waals surface area contributed by atoms with Gasteiger partial charge in [-0.3, -0.25) is 9.59 Å². The summed E-state index contributed by atoms with van der Waals surface area (Å²) in [5.74, 6) is -0.669. The zero-order chi connectivity index (χ0) is 20.3. The van der Waals surface area contributed by atoms with Crippen LogP contribution in [0.3, 0.4) is 0 Å². The normalized spacial score (nSPS) is 12.3. The maximum absolute atomic E-state index is 12.6. The number of amides is 2. The molecule has 0 saturated heterocycles. The Kier molecular flexibility index (Phi) is 6.02. The summed E-state index contributed by atoms with van der Waals surface area (Å²) in [4.78, 5) is 26.3. The zero-order valence-electron chi connectivity index (χ0n) is 15.9. The summed E-state index contributed by atoms with van der Waals surface area (Å²) >= 11 is 6.32. The average molecular weight is 399 g/mol. The van der Waals surface area contributed by atoms with E-state index in [1.807, 2.05) is 67.5 Å². The quantitative estimate of drug-likeness (QED) is 0.642. The summed E-state index contributed by atoms with van der Waals surface area (Å²) in [6, 6.07) is 14.9. The van der Waals surface area contributed by atoms with Crippen LogP contribution in [0.5, 0.6) is 0 Å². The third-order valence-corrected chi connectivity index (χ3v) is 5.09. The van der Waals surface area contributed by atoms with E-state index >= 15 is 0 Å². The highest BCUT2D eigenvalue weighted by Gasteiger charge is 2.19. The summed E-state index contributed by atoms with van der Waals surface area (Å²) in [6.45, 7) is 0.508. The van der Waals surface area contributed by atoms with Crippen molar-refractivity contribution in [2.45, 2.75) is 12.6 Å². The Morgan fingerprint density at radius 3 is 2.50 bits per heavy atom. The Morgan fingerprint density at radius 1 is 1.14 bits per heavy atom. The number of rotatable bonds is 7. The van der Waals surface area contributed by atoms with Crippen LogP contribution in [0.2, 0.25) is 5.02 Å². The summed E-state index contributed by atoms with van der Waals surface area (Å²) in [5, 5.41) is 4.37. The van der Waals surface area contributed by atoms with Crippen molar-refractivity contribution in [1.82, 2.24) is 14.8 Å². The highest BCUT2D eigenvalue weighted by Crippen LogP contribution is 2.25. The second-order valence-electron chi connectivity index (χ2n) is 6.86. The minimum atomic E-state index is -0.512. The monoisotopic (exact) mass is 398 g/mol. The van der Waals surface area contributed by atoms with Crippen molar-refractivity contribution in [3.8, 4) is 0 Å². The summed E-state index contributed by atoms with van der Waals surface area (Å²) < 4.78 is 1.74. The van der Waals surface area contributed by atoms with E-state index in [1.165, 1.54) is 0 Å². The molecule has 0 aliphatic heterocycles. The maximum atomic E-state index is 12.6. The lowest BCUT2D eigenvalue weighted by Crippen LogP contribution is -2.36. The molecule has 1 heterocycles. The second-order valence-corrected chi connectivity index (χ2v) is 7.26. The van der Waals surface area contributed by atoms with E-state index in [2.05, 4.69) is 5.32 Å². The summed E-state index contributed by atoms with van der Waals surface area (Å²) in [5.41, 5.74) is 7.62. The van der Waals surface area contributed by atoms with Gasteiger partial charge in [0.05, 0.1) is 11.6 Å². The molecule has 146 valence electrons. The van der Waals surface area contributed by atoms with Gasteiger partial charge in [0.25, 0.3) is 5.91 Å². The number of hydrogen-bond acceptors (Lipinski definition) is 3. The lowest BCUT2D eigenvalue weighted by molar-refractivity contribution is -0.121. The standard InChI is InChI=1S/C21H23ClN4O2/c1-25(2)19(15-8-3-5-9-17(15)22)11-24-20(27)13-26-12-16(21(23)28)14-7-4-6-10-18(14)26/h3-10,12,19H,11,13H2,1-2H3,(H2,23,28)(H,24,27)/t19-/m0/s1. The fraction of sp³-hybridized carbons (Fsp3) is 0.238. The van der Waals surface area contributed by atoms with E-state index < -0.39 is 5.91 Å². The largest absolute Gasteiger partial charge is 0.366 e. The molecule has 6 nitrogen and oxygen atoms in total. The number of benzene rings is 2. The number of likely N-dealkylation sites (N-methyl/N-ethyl adjacent to an activating group) is 1. The number of aromatic nitrogens is 1. The van der Waals surface area contributed by atoms with Gasteiger partial charge in [-0.2, -0.15) is 0 Å². The van der Waals surface area contributed by atoms with Crippen molar-refractivity contribution in [2.24, 2.45) is 5.73 Å². The second kappa shape index (κ2) is 8.46. The topological polar surface area (TPSA) is 80.4 Å². The summed E-state index contributed by atoms with van der Waals surface area (Å²) in [6.07, 6.45) is 1.63. The van der Waals surface area contributed by atoms with Crippen molar-refractivity contribution in [2.75, 3.05) is 20.6 Å². The number of halogens is 1. The van der Waals surface area contributed by atoms with E-state index in [9.17, 15) is 9.59 Å². The predicted molar refractivity (Wildman–Crippen MR) is 111 cm³/mol. The Morgan fingerprint density at radius 2 is 1.82 bits per heavy atom. The van der Waals surface area contributed by atoms with Gasteiger partial charge in [-0.15, -0.1) is 0 Å². The van der Waals surface area contributed by atoms with Crippen LogP contribution in [0.1, 0.15) is 22.0 Å².